The Kier molecular flexibility index (Phi) is 5.64. The summed E-state index contributed by atoms with van der Waals surface area (Å²) < 4.78 is 24.5. The maximum Gasteiger partial charge on any atom is 0.322 e. The number of benzene rings is 1. The van der Waals surface area contributed by atoms with Crippen molar-refractivity contribution in [2.75, 3.05) is 0 Å². The number of carboxylic acids is 1. The van der Waals surface area contributed by atoms with Gasteiger partial charge in [0, 0.05) is 0 Å². The Morgan fingerprint density at radius 2 is 1.95 bits per heavy atom. The minimum absolute atomic E-state index is 0.0778. The maximum atomic E-state index is 12.3. The Labute approximate surface area is 122 Å². The lowest BCUT2D eigenvalue weighted by Crippen LogP contribution is -2.30. The third-order valence-corrected chi connectivity index (χ3v) is 5.53. The molecular formula is C12H14Cl2O4S. The highest BCUT2D eigenvalue weighted by molar-refractivity contribution is 7.92. The quantitative estimate of drug-likeness (QED) is 0.870. The van der Waals surface area contributed by atoms with Crippen LogP contribution in [-0.2, 0) is 14.6 Å². The van der Waals surface area contributed by atoms with E-state index in [1.54, 1.807) is 0 Å². The van der Waals surface area contributed by atoms with Gasteiger partial charge in [-0.1, -0.05) is 43.0 Å². The van der Waals surface area contributed by atoms with E-state index in [9.17, 15) is 13.2 Å². The van der Waals surface area contributed by atoms with Gasteiger partial charge in [0.05, 0.1) is 14.9 Å². The Hall–Kier alpha value is -0.780. The van der Waals surface area contributed by atoms with Crippen molar-refractivity contribution in [1.82, 2.24) is 0 Å². The third-order valence-electron chi connectivity index (χ3n) is 2.69. The molecular weight excluding hydrogens is 311 g/mol. The van der Waals surface area contributed by atoms with Crippen molar-refractivity contribution in [1.29, 1.82) is 0 Å². The summed E-state index contributed by atoms with van der Waals surface area (Å²) in [5.41, 5.74) is 0. The van der Waals surface area contributed by atoms with Crippen molar-refractivity contribution in [2.24, 2.45) is 0 Å². The maximum absolute atomic E-state index is 12.3. The van der Waals surface area contributed by atoms with E-state index >= 15 is 0 Å². The van der Waals surface area contributed by atoms with E-state index in [0.29, 0.717) is 6.42 Å². The molecule has 1 aromatic rings. The van der Waals surface area contributed by atoms with E-state index < -0.39 is 21.1 Å². The van der Waals surface area contributed by atoms with E-state index in [1.807, 2.05) is 6.92 Å². The van der Waals surface area contributed by atoms with Crippen LogP contribution in [0.5, 0.6) is 0 Å². The third kappa shape index (κ3) is 3.84. The summed E-state index contributed by atoms with van der Waals surface area (Å²) in [5.74, 6) is -1.35. The Morgan fingerprint density at radius 3 is 2.42 bits per heavy atom. The molecule has 1 rings (SSSR count). The molecule has 1 N–H and O–H groups in total. The number of unbranched alkanes of at least 4 members (excludes halogenated alkanes) is 1. The second-order valence-corrected chi connectivity index (χ2v) is 7.03. The molecule has 0 aliphatic heterocycles. The molecule has 0 aliphatic rings. The summed E-state index contributed by atoms with van der Waals surface area (Å²) in [6.45, 7) is 1.87. The van der Waals surface area contributed by atoms with Crippen molar-refractivity contribution in [3.63, 3.8) is 0 Å². The van der Waals surface area contributed by atoms with Crippen LogP contribution in [0.1, 0.15) is 26.2 Å². The summed E-state index contributed by atoms with van der Waals surface area (Å²) >= 11 is 11.5. The van der Waals surface area contributed by atoms with Gasteiger partial charge in [-0.15, -0.1) is 0 Å². The molecule has 19 heavy (non-hydrogen) atoms. The predicted octanol–water partition coefficient (Wildman–Crippen LogP) is 3.41. The van der Waals surface area contributed by atoms with Gasteiger partial charge in [-0.25, -0.2) is 8.42 Å². The van der Waals surface area contributed by atoms with E-state index in [1.165, 1.54) is 18.2 Å². The predicted molar refractivity (Wildman–Crippen MR) is 74.6 cm³/mol. The van der Waals surface area contributed by atoms with Crippen LogP contribution in [0.2, 0.25) is 10.0 Å². The van der Waals surface area contributed by atoms with Crippen molar-refractivity contribution in [3.05, 3.63) is 28.2 Å². The summed E-state index contributed by atoms with van der Waals surface area (Å²) in [7, 11) is -3.95. The Morgan fingerprint density at radius 1 is 1.32 bits per heavy atom. The average Bonchev–Trinajstić information content (AvgIpc) is 2.32. The molecule has 1 unspecified atom stereocenters. The number of sulfone groups is 1. The smallest absolute Gasteiger partial charge is 0.322 e. The van der Waals surface area contributed by atoms with Gasteiger partial charge in [-0.05, 0) is 24.6 Å². The summed E-state index contributed by atoms with van der Waals surface area (Å²) in [5, 5.41) is 7.94. The fourth-order valence-corrected chi connectivity index (χ4v) is 3.59. The average molecular weight is 325 g/mol. The molecule has 0 saturated heterocycles. The van der Waals surface area contributed by atoms with Gasteiger partial charge < -0.3 is 5.11 Å². The topological polar surface area (TPSA) is 71.4 Å². The van der Waals surface area contributed by atoms with Crippen molar-refractivity contribution in [3.8, 4) is 0 Å². The van der Waals surface area contributed by atoms with Gasteiger partial charge in [0.1, 0.15) is 0 Å². The SMILES string of the molecule is CCCCC(C(=O)O)S(=O)(=O)c1ccc(Cl)c(Cl)c1. The summed E-state index contributed by atoms with van der Waals surface area (Å²) in [6, 6.07) is 3.79. The lowest BCUT2D eigenvalue weighted by Gasteiger charge is -2.13. The van der Waals surface area contributed by atoms with Crippen LogP contribution >= 0.6 is 23.2 Å². The number of aliphatic carboxylic acids is 1. The molecule has 0 fully saturated rings. The van der Waals surface area contributed by atoms with E-state index in [4.69, 9.17) is 28.3 Å². The highest BCUT2D eigenvalue weighted by Gasteiger charge is 2.33. The fraction of sp³-hybridized carbons (Fsp3) is 0.417. The zero-order valence-electron chi connectivity index (χ0n) is 10.3. The van der Waals surface area contributed by atoms with E-state index in [2.05, 4.69) is 0 Å². The van der Waals surface area contributed by atoms with Crippen LogP contribution in [0.3, 0.4) is 0 Å². The largest absolute Gasteiger partial charge is 0.480 e. The Balaban J connectivity index is 3.18. The van der Waals surface area contributed by atoms with Crippen LogP contribution in [0.25, 0.3) is 0 Å². The zero-order chi connectivity index (χ0) is 14.6. The van der Waals surface area contributed by atoms with Crippen molar-refractivity contribution >= 4 is 39.0 Å². The number of hydrogen-bond donors (Lipinski definition) is 1. The highest BCUT2D eigenvalue weighted by Crippen LogP contribution is 2.28. The molecule has 0 heterocycles. The first-order valence-electron chi connectivity index (χ1n) is 5.72. The van der Waals surface area contributed by atoms with Crippen LogP contribution in [-0.4, -0.2) is 24.7 Å². The van der Waals surface area contributed by atoms with Gasteiger partial charge in [0.25, 0.3) is 0 Å². The van der Waals surface area contributed by atoms with Gasteiger partial charge in [0.2, 0.25) is 0 Å². The van der Waals surface area contributed by atoms with Gasteiger partial charge in [-0.3, -0.25) is 4.79 Å². The molecule has 4 nitrogen and oxygen atoms in total. The first-order chi connectivity index (χ1) is 8.80. The van der Waals surface area contributed by atoms with Crippen LogP contribution in [0.4, 0.5) is 0 Å². The molecule has 0 aliphatic carbocycles. The summed E-state index contributed by atoms with van der Waals surface area (Å²) in [6.07, 6.45) is 1.33. The van der Waals surface area contributed by atoms with Crippen LogP contribution in [0, 0.1) is 0 Å². The lowest BCUT2D eigenvalue weighted by atomic mass is 10.2. The Bertz CT molecular complexity index is 569. The standard InChI is InChI=1S/C12H14Cl2O4S/c1-2-3-4-11(12(15)16)19(17,18)8-5-6-9(13)10(14)7-8/h5-7,11H,2-4H2,1H3,(H,15,16). The number of halogens is 2. The monoisotopic (exact) mass is 324 g/mol. The molecule has 0 saturated carbocycles. The minimum Gasteiger partial charge on any atom is -0.480 e. The highest BCUT2D eigenvalue weighted by atomic mass is 35.5. The number of rotatable bonds is 6. The van der Waals surface area contributed by atoms with Gasteiger partial charge in [0.15, 0.2) is 15.1 Å². The van der Waals surface area contributed by atoms with Crippen molar-refractivity contribution < 1.29 is 18.3 Å². The molecule has 0 aromatic heterocycles. The first-order valence-corrected chi connectivity index (χ1v) is 8.02. The fourth-order valence-electron chi connectivity index (χ4n) is 1.62. The van der Waals surface area contributed by atoms with Gasteiger partial charge in [-0.2, -0.15) is 0 Å². The molecule has 106 valence electrons. The second kappa shape index (κ2) is 6.59. The first kappa shape index (κ1) is 16.3. The molecule has 0 bridgehead atoms. The molecule has 0 radical (unpaired) electrons. The number of carbonyl (C=O) groups is 1. The number of carboxylic acid groups (broad SMARTS) is 1. The molecule has 0 spiro atoms. The van der Waals surface area contributed by atoms with Crippen LogP contribution < -0.4 is 0 Å². The van der Waals surface area contributed by atoms with Crippen molar-refractivity contribution in [2.45, 2.75) is 36.3 Å². The normalized spacial score (nSPS) is 13.2. The number of hydrogen-bond acceptors (Lipinski definition) is 3. The molecule has 1 atom stereocenters. The minimum atomic E-state index is -3.95. The molecule has 7 heteroatoms. The van der Waals surface area contributed by atoms with Crippen LogP contribution in [0.15, 0.2) is 23.1 Å². The van der Waals surface area contributed by atoms with Gasteiger partial charge >= 0.3 is 5.97 Å². The van der Waals surface area contributed by atoms with E-state index in [-0.39, 0.29) is 21.4 Å². The molecule has 0 amide bonds. The molecule has 1 aromatic carbocycles. The second-order valence-electron chi connectivity index (χ2n) is 4.09. The zero-order valence-corrected chi connectivity index (χ0v) is 12.6. The lowest BCUT2D eigenvalue weighted by molar-refractivity contribution is -0.136. The van der Waals surface area contributed by atoms with E-state index in [0.717, 1.165) is 6.42 Å². The summed E-state index contributed by atoms with van der Waals surface area (Å²) in [4.78, 5) is 11.0.